The minimum atomic E-state index is 0. The molecule has 1 fully saturated rings. The summed E-state index contributed by atoms with van der Waals surface area (Å²) < 4.78 is 11.8. The lowest BCUT2D eigenvalue weighted by atomic mass is 9.94. The fourth-order valence-corrected chi connectivity index (χ4v) is 4.05. The fourth-order valence-electron chi connectivity index (χ4n) is 4.05. The zero-order valence-corrected chi connectivity index (χ0v) is 20.6. The average Bonchev–Trinajstić information content (AvgIpc) is 3.05. The molecule has 0 amide bonds. The lowest BCUT2D eigenvalue weighted by Gasteiger charge is -2.29. The number of piperidine rings is 1. The van der Waals surface area contributed by atoms with Gasteiger partial charge in [0.1, 0.15) is 17.6 Å². The Morgan fingerprint density at radius 3 is 2.72 bits per heavy atom. The Labute approximate surface area is 192 Å². The highest BCUT2D eigenvalue weighted by Crippen LogP contribution is 2.35. The summed E-state index contributed by atoms with van der Waals surface area (Å²) in [5, 5.41) is 6.89. The number of aliphatic imine (C=N–C) groups is 1. The van der Waals surface area contributed by atoms with Crippen LogP contribution in [-0.2, 0) is 13.0 Å². The molecule has 2 aliphatic rings. The molecular weight excluding hydrogens is 479 g/mol. The number of fused-ring (bicyclic) bond motifs is 1. The van der Waals surface area contributed by atoms with Crippen molar-refractivity contribution < 1.29 is 9.47 Å². The molecule has 0 saturated carbocycles. The van der Waals surface area contributed by atoms with Gasteiger partial charge in [-0.05, 0) is 71.3 Å². The molecule has 3 rings (SSSR count). The first kappa shape index (κ1) is 24.1. The van der Waals surface area contributed by atoms with Crippen molar-refractivity contribution >= 4 is 29.9 Å². The molecule has 2 heterocycles. The van der Waals surface area contributed by atoms with Crippen molar-refractivity contribution in [1.82, 2.24) is 15.5 Å². The van der Waals surface area contributed by atoms with E-state index in [0.29, 0.717) is 13.2 Å². The molecule has 29 heavy (non-hydrogen) atoms. The number of likely N-dealkylation sites (tertiary alicyclic amines) is 1. The number of benzene rings is 1. The van der Waals surface area contributed by atoms with Gasteiger partial charge in [-0.3, -0.25) is 4.99 Å². The van der Waals surface area contributed by atoms with E-state index in [1.165, 1.54) is 37.9 Å². The summed E-state index contributed by atoms with van der Waals surface area (Å²) in [7, 11) is 4.03. The summed E-state index contributed by atoms with van der Waals surface area (Å²) in [6.45, 7) is 8.84. The minimum absolute atomic E-state index is 0. The van der Waals surface area contributed by atoms with Gasteiger partial charge in [-0.2, -0.15) is 0 Å². The molecule has 1 unspecified atom stereocenters. The van der Waals surface area contributed by atoms with Crippen LogP contribution in [0.5, 0.6) is 11.5 Å². The molecule has 6 nitrogen and oxygen atoms in total. The van der Waals surface area contributed by atoms with Crippen LogP contribution in [0.15, 0.2) is 17.1 Å². The van der Waals surface area contributed by atoms with Gasteiger partial charge >= 0.3 is 0 Å². The second-order valence-corrected chi connectivity index (χ2v) is 8.02. The maximum absolute atomic E-state index is 5.92. The second-order valence-electron chi connectivity index (χ2n) is 8.02. The number of ether oxygens (including phenoxy) is 2. The predicted octanol–water partition coefficient (Wildman–Crippen LogP) is 3.42. The van der Waals surface area contributed by atoms with Gasteiger partial charge in [0.05, 0.1) is 6.61 Å². The first-order valence-corrected chi connectivity index (χ1v) is 10.7. The summed E-state index contributed by atoms with van der Waals surface area (Å²) in [5.74, 6) is 3.58. The zero-order valence-electron chi connectivity index (χ0n) is 18.3. The zero-order chi connectivity index (χ0) is 19.9. The highest BCUT2D eigenvalue weighted by molar-refractivity contribution is 14.0. The molecule has 1 aromatic rings. The van der Waals surface area contributed by atoms with Crippen LogP contribution < -0.4 is 20.1 Å². The summed E-state index contributed by atoms with van der Waals surface area (Å²) in [5.41, 5.74) is 2.34. The average molecular weight is 516 g/mol. The smallest absolute Gasteiger partial charge is 0.191 e. The van der Waals surface area contributed by atoms with E-state index < -0.39 is 0 Å². The minimum Gasteiger partial charge on any atom is -0.494 e. The van der Waals surface area contributed by atoms with Crippen molar-refractivity contribution in [2.75, 3.05) is 40.3 Å². The molecule has 0 spiro atoms. The Morgan fingerprint density at radius 2 is 2.03 bits per heavy atom. The van der Waals surface area contributed by atoms with Crippen LogP contribution in [0.1, 0.15) is 44.2 Å². The molecule has 1 aromatic carbocycles. The van der Waals surface area contributed by atoms with Crippen LogP contribution in [0.2, 0.25) is 0 Å². The van der Waals surface area contributed by atoms with E-state index in [1.54, 1.807) is 0 Å². The van der Waals surface area contributed by atoms with Gasteiger partial charge in [0.15, 0.2) is 5.96 Å². The van der Waals surface area contributed by atoms with E-state index in [9.17, 15) is 0 Å². The van der Waals surface area contributed by atoms with E-state index in [-0.39, 0.29) is 30.1 Å². The fraction of sp³-hybridized carbons (Fsp3) is 0.682. The van der Waals surface area contributed by atoms with Gasteiger partial charge < -0.3 is 25.0 Å². The summed E-state index contributed by atoms with van der Waals surface area (Å²) >= 11 is 0. The van der Waals surface area contributed by atoms with E-state index in [4.69, 9.17) is 9.47 Å². The Morgan fingerprint density at radius 1 is 1.28 bits per heavy atom. The quantitative estimate of drug-likeness (QED) is 0.331. The standard InChI is InChI=1S/C22H36N4O2.HI/c1-5-27-20-13-18-12-16(2)28-21(18)14-19(20)15-25-22(23-3)24-9-6-17-7-10-26(4)11-8-17;/h13-14,16-17H,5-12,15H2,1-4H3,(H2,23,24,25);1H. The molecule has 1 atom stereocenters. The normalized spacial score (nSPS) is 19.9. The van der Waals surface area contributed by atoms with Gasteiger partial charge in [-0.25, -0.2) is 0 Å². The van der Waals surface area contributed by atoms with Crippen molar-refractivity contribution in [1.29, 1.82) is 0 Å². The monoisotopic (exact) mass is 516 g/mol. The maximum Gasteiger partial charge on any atom is 0.191 e. The summed E-state index contributed by atoms with van der Waals surface area (Å²) in [6, 6.07) is 4.25. The third-order valence-corrected chi connectivity index (χ3v) is 5.73. The molecule has 2 aliphatic heterocycles. The summed E-state index contributed by atoms with van der Waals surface area (Å²) in [4.78, 5) is 6.79. The Kier molecular flexibility index (Phi) is 9.82. The van der Waals surface area contributed by atoms with Gasteiger partial charge in [0, 0.05) is 37.7 Å². The van der Waals surface area contributed by atoms with Crippen LogP contribution >= 0.6 is 24.0 Å². The predicted molar refractivity (Wildman–Crippen MR) is 130 cm³/mol. The van der Waals surface area contributed by atoms with Crippen LogP contribution in [0.3, 0.4) is 0 Å². The number of hydrogen-bond donors (Lipinski definition) is 2. The number of rotatable bonds is 7. The molecule has 0 aromatic heterocycles. The Bertz CT molecular complexity index is 675. The van der Waals surface area contributed by atoms with Crippen LogP contribution in [0, 0.1) is 5.92 Å². The molecule has 2 N–H and O–H groups in total. The third-order valence-electron chi connectivity index (χ3n) is 5.73. The number of nitrogens with zero attached hydrogens (tertiary/aromatic N) is 2. The van der Waals surface area contributed by atoms with Crippen LogP contribution in [-0.4, -0.2) is 57.3 Å². The van der Waals surface area contributed by atoms with Crippen molar-refractivity contribution in [2.45, 2.75) is 52.2 Å². The topological polar surface area (TPSA) is 58.1 Å². The van der Waals surface area contributed by atoms with Gasteiger partial charge in [-0.15, -0.1) is 24.0 Å². The first-order chi connectivity index (χ1) is 13.6. The van der Waals surface area contributed by atoms with Crippen LogP contribution in [0.25, 0.3) is 0 Å². The third kappa shape index (κ3) is 6.91. The molecular formula is C22H37IN4O2. The van der Waals surface area contributed by atoms with Crippen molar-refractivity contribution in [3.8, 4) is 11.5 Å². The van der Waals surface area contributed by atoms with E-state index >= 15 is 0 Å². The molecule has 0 bridgehead atoms. The number of halogens is 1. The molecule has 0 radical (unpaired) electrons. The van der Waals surface area contributed by atoms with Crippen molar-refractivity contribution in [3.05, 3.63) is 23.3 Å². The van der Waals surface area contributed by atoms with Gasteiger partial charge in [0.25, 0.3) is 0 Å². The molecule has 164 valence electrons. The number of hydrogen-bond acceptors (Lipinski definition) is 4. The molecule has 0 aliphatic carbocycles. The van der Waals surface area contributed by atoms with Crippen LogP contribution in [0.4, 0.5) is 0 Å². The lowest BCUT2D eigenvalue weighted by molar-refractivity contribution is 0.213. The van der Waals surface area contributed by atoms with E-state index in [0.717, 1.165) is 41.9 Å². The first-order valence-electron chi connectivity index (χ1n) is 10.7. The van der Waals surface area contributed by atoms with Crippen molar-refractivity contribution in [3.63, 3.8) is 0 Å². The number of guanidine groups is 1. The van der Waals surface area contributed by atoms with Crippen molar-refractivity contribution in [2.24, 2.45) is 10.9 Å². The lowest BCUT2D eigenvalue weighted by Crippen LogP contribution is -2.38. The highest BCUT2D eigenvalue weighted by atomic mass is 127. The molecule has 1 saturated heterocycles. The maximum atomic E-state index is 5.92. The van der Waals surface area contributed by atoms with Gasteiger partial charge in [0.2, 0.25) is 0 Å². The second kappa shape index (κ2) is 11.8. The van der Waals surface area contributed by atoms with Gasteiger partial charge in [-0.1, -0.05) is 0 Å². The Balaban J connectivity index is 0.00000300. The highest BCUT2D eigenvalue weighted by Gasteiger charge is 2.22. The Hall–Kier alpha value is -1.22. The van der Waals surface area contributed by atoms with E-state index in [1.807, 2.05) is 14.0 Å². The summed E-state index contributed by atoms with van der Waals surface area (Å²) in [6.07, 6.45) is 4.99. The largest absolute Gasteiger partial charge is 0.494 e. The SMILES string of the molecule is CCOc1cc2c(cc1CNC(=NC)NCCC1CCN(C)CC1)OC(C)C2.I. The van der Waals surface area contributed by atoms with E-state index in [2.05, 4.69) is 46.6 Å². The number of nitrogens with one attached hydrogen (secondary N) is 2. The molecule has 7 heteroatoms.